The molecule has 0 aromatic heterocycles. The Hall–Kier alpha value is -2.29. The Kier molecular flexibility index (Phi) is 5.88. The summed E-state index contributed by atoms with van der Waals surface area (Å²) in [7, 11) is 2.65. The lowest BCUT2D eigenvalue weighted by Gasteiger charge is -2.34. The van der Waals surface area contributed by atoms with Crippen molar-refractivity contribution in [2.24, 2.45) is 11.8 Å². The van der Waals surface area contributed by atoms with Crippen molar-refractivity contribution >= 4 is 17.7 Å². The molecule has 2 saturated heterocycles. The fourth-order valence-electron chi connectivity index (χ4n) is 3.85. The van der Waals surface area contributed by atoms with E-state index in [4.69, 9.17) is 18.9 Å². The molecule has 0 radical (unpaired) electrons. The zero-order valence-corrected chi connectivity index (χ0v) is 15.5. The van der Waals surface area contributed by atoms with Gasteiger partial charge in [-0.1, -0.05) is 29.8 Å². The molecule has 1 N–H and O–H groups in total. The van der Waals surface area contributed by atoms with Crippen LogP contribution in [0.2, 0.25) is 0 Å². The number of benzene rings is 1. The van der Waals surface area contributed by atoms with Crippen molar-refractivity contribution in [3.8, 4) is 0 Å². The van der Waals surface area contributed by atoms with Crippen molar-refractivity contribution in [2.75, 3.05) is 27.4 Å². The SMILES string of the molecule is COCC(=O)O[C@H]1OCC(=O)[C@H]2[C@@H]1[C@@H](C(=O)OC)N[C@H]2c1cccc(C)c1. The maximum absolute atomic E-state index is 12.7. The molecule has 0 amide bonds. The Bertz CT molecular complexity index is 735. The van der Waals surface area contributed by atoms with Crippen LogP contribution in [0.1, 0.15) is 17.2 Å². The molecular weight excluding hydrogens is 354 g/mol. The summed E-state index contributed by atoms with van der Waals surface area (Å²) in [6.07, 6.45) is -1.04. The van der Waals surface area contributed by atoms with Crippen molar-refractivity contribution in [3.05, 3.63) is 35.4 Å². The Morgan fingerprint density at radius 2 is 2.07 bits per heavy atom. The van der Waals surface area contributed by atoms with Crippen LogP contribution in [0.25, 0.3) is 0 Å². The van der Waals surface area contributed by atoms with Gasteiger partial charge in [-0.05, 0) is 12.5 Å². The van der Waals surface area contributed by atoms with Crippen LogP contribution < -0.4 is 5.32 Å². The summed E-state index contributed by atoms with van der Waals surface area (Å²) in [5.41, 5.74) is 1.92. The third-order valence-electron chi connectivity index (χ3n) is 4.96. The van der Waals surface area contributed by atoms with E-state index < -0.39 is 42.1 Å². The number of ether oxygens (including phenoxy) is 4. The molecule has 5 atom stereocenters. The van der Waals surface area contributed by atoms with Gasteiger partial charge in [-0.2, -0.15) is 0 Å². The van der Waals surface area contributed by atoms with Crippen molar-refractivity contribution in [3.63, 3.8) is 0 Å². The van der Waals surface area contributed by atoms with Gasteiger partial charge in [0, 0.05) is 13.2 Å². The van der Waals surface area contributed by atoms with Crippen LogP contribution in [0.3, 0.4) is 0 Å². The fourth-order valence-corrected chi connectivity index (χ4v) is 3.85. The van der Waals surface area contributed by atoms with Crippen molar-refractivity contribution in [1.82, 2.24) is 5.32 Å². The molecule has 2 aliphatic rings. The highest BCUT2D eigenvalue weighted by Crippen LogP contribution is 2.43. The molecule has 0 unspecified atom stereocenters. The third kappa shape index (κ3) is 3.87. The molecule has 0 bridgehead atoms. The van der Waals surface area contributed by atoms with Gasteiger partial charge in [0.05, 0.1) is 18.9 Å². The topological polar surface area (TPSA) is 100 Å². The number of esters is 2. The van der Waals surface area contributed by atoms with Gasteiger partial charge < -0.3 is 18.9 Å². The second-order valence-electron chi connectivity index (χ2n) is 6.73. The molecule has 0 saturated carbocycles. The second kappa shape index (κ2) is 8.16. The minimum Gasteiger partial charge on any atom is -0.468 e. The third-order valence-corrected chi connectivity index (χ3v) is 4.96. The molecule has 1 aromatic carbocycles. The normalized spacial score (nSPS) is 29.9. The predicted molar refractivity (Wildman–Crippen MR) is 92.6 cm³/mol. The summed E-state index contributed by atoms with van der Waals surface area (Å²) >= 11 is 0. The van der Waals surface area contributed by atoms with E-state index in [1.807, 2.05) is 31.2 Å². The zero-order valence-electron chi connectivity index (χ0n) is 15.5. The minimum absolute atomic E-state index is 0.149. The molecule has 3 rings (SSSR count). The van der Waals surface area contributed by atoms with Crippen LogP contribution in [-0.4, -0.2) is 57.5 Å². The van der Waals surface area contributed by atoms with Crippen LogP contribution in [-0.2, 0) is 33.3 Å². The highest BCUT2D eigenvalue weighted by atomic mass is 16.7. The summed E-state index contributed by atoms with van der Waals surface area (Å²) in [6.45, 7) is 1.52. The average Bonchev–Trinajstić information content (AvgIpc) is 3.05. The Morgan fingerprint density at radius 3 is 2.74 bits per heavy atom. The fraction of sp³-hybridized carbons (Fsp3) is 0.526. The standard InChI is InChI=1S/C19H23NO7/c1-10-5-4-6-11(7-10)16-14-12(21)8-26-19(27-13(22)9-24-2)15(14)17(20-16)18(23)25-3/h4-7,14-17,19-20H,8-9H2,1-3H3/t14-,15+,16-,17-,19+/m0/s1. The van der Waals surface area contributed by atoms with Gasteiger partial charge in [-0.15, -0.1) is 0 Å². The lowest BCUT2D eigenvalue weighted by atomic mass is 9.79. The summed E-state index contributed by atoms with van der Waals surface area (Å²) in [5, 5.41) is 3.19. The lowest BCUT2D eigenvalue weighted by molar-refractivity contribution is -0.213. The quantitative estimate of drug-likeness (QED) is 0.742. The Balaban J connectivity index is 1.95. The summed E-state index contributed by atoms with van der Waals surface area (Å²) in [4.78, 5) is 36.9. The van der Waals surface area contributed by atoms with Gasteiger partial charge in [0.2, 0.25) is 6.29 Å². The molecule has 1 aromatic rings. The monoisotopic (exact) mass is 377 g/mol. The van der Waals surface area contributed by atoms with Crippen molar-refractivity contribution in [2.45, 2.75) is 25.3 Å². The molecule has 2 fully saturated rings. The number of Topliss-reactive ketones (excluding diaryl/α,β-unsaturated/α-hetero) is 1. The van der Waals surface area contributed by atoms with Crippen LogP contribution in [0.4, 0.5) is 0 Å². The smallest absolute Gasteiger partial charge is 0.334 e. The molecule has 27 heavy (non-hydrogen) atoms. The van der Waals surface area contributed by atoms with E-state index in [0.29, 0.717) is 0 Å². The maximum Gasteiger partial charge on any atom is 0.334 e. The first-order chi connectivity index (χ1) is 13.0. The summed E-state index contributed by atoms with van der Waals surface area (Å²) in [6, 6.07) is 6.47. The largest absolute Gasteiger partial charge is 0.468 e. The molecule has 8 heteroatoms. The van der Waals surface area contributed by atoms with Gasteiger partial charge in [0.1, 0.15) is 19.3 Å². The summed E-state index contributed by atoms with van der Waals surface area (Å²) < 4.78 is 20.5. The van der Waals surface area contributed by atoms with E-state index in [1.54, 1.807) is 0 Å². The van der Waals surface area contributed by atoms with Gasteiger partial charge in [0.25, 0.3) is 0 Å². The molecule has 8 nitrogen and oxygen atoms in total. The Labute approximate surface area is 157 Å². The van der Waals surface area contributed by atoms with E-state index >= 15 is 0 Å². The van der Waals surface area contributed by atoms with Gasteiger partial charge in [-0.25, -0.2) is 4.79 Å². The van der Waals surface area contributed by atoms with E-state index in [1.165, 1.54) is 14.2 Å². The molecule has 0 aliphatic carbocycles. The number of hydrogen-bond donors (Lipinski definition) is 1. The number of methoxy groups -OCH3 is 2. The van der Waals surface area contributed by atoms with E-state index in [9.17, 15) is 14.4 Å². The summed E-state index contributed by atoms with van der Waals surface area (Å²) in [5.74, 6) is -2.58. The van der Waals surface area contributed by atoms with E-state index in [-0.39, 0.29) is 19.0 Å². The molecular formula is C19H23NO7. The van der Waals surface area contributed by atoms with E-state index in [0.717, 1.165) is 11.1 Å². The molecule has 2 heterocycles. The number of carbonyl (C=O) groups excluding carboxylic acids is 3. The van der Waals surface area contributed by atoms with Gasteiger partial charge >= 0.3 is 11.9 Å². The van der Waals surface area contributed by atoms with Crippen molar-refractivity contribution < 1.29 is 33.3 Å². The second-order valence-corrected chi connectivity index (χ2v) is 6.73. The molecule has 0 spiro atoms. The Morgan fingerprint density at radius 1 is 1.30 bits per heavy atom. The van der Waals surface area contributed by atoms with Gasteiger partial charge in [-0.3, -0.25) is 14.9 Å². The van der Waals surface area contributed by atoms with Crippen LogP contribution >= 0.6 is 0 Å². The minimum atomic E-state index is -1.04. The number of hydrogen-bond acceptors (Lipinski definition) is 8. The number of aryl methyl sites for hydroxylation is 1. The van der Waals surface area contributed by atoms with Crippen LogP contribution in [0.15, 0.2) is 24.3 Å². The van der Waals surface area contributed by atoms with E-state index in [2.05, 4.69) is 5.32 Å². The van der Waals surface area contributed by atoms with Crippen LogP contribution in [0, 0.1) is 18.8 Å². The van der Waals surface area contributed by atoms with Gasteiger partial charge in [0.15, 0.2) is 5.78 Å². The number of rotatable bonds is 5. The first-order valence-electron chi connectivity index (χ1n) is 8.69. The lowest BCUT2D eigenvalue weighted by Crippen LogP contribution is -2.50. The number of fused-ring (bicyclic) bond motifs is 1. The van der Waals surface area contributed by atoms with Crippen molar-refractivity contribution in [1.29, 1.82) is 0 Å². The average molecular weight is 377 g/mol. The number of ketones is 1. The van der Waals surface area contributed by atoms with Crippen LogP contribution in [0.5, 0.6) is 0 Å². The number of carbonyl (C=O) groups is 3. The first kappa shape index (κ1) is 19.5. The number of nitrogens with one attached hydrogen (secondary N) is 1. The highest BCUT2D eigenvalue weighted by Gasteiger charge is 2.57. The maximum atomic E-state index is 12.7. The zero-order chi connectivity index (χ0) is 19.6. The molecule has 146 valence electrons. The highest BCUT2D eigenvalue weighted by molar-refractivity contribution is 5.87. The predicted octanol–water partition coefficient (Wildman–Crippen LogP) is 0.528. The first-order valence-corrected chi connectivity index (χ1v) is 8.69. The molecule has 2 aliphatic heterocycles.